The summed E-state index contributed by atoms with van der Waals surface area (Å²) >= 11 is 0. The van der Waals surface area contributed by atoms with Crippen LogP contribution in [0.4, 0.5) is 0 Å². The first-order chi connectivity index (χ1) is 33.2. The molecule has 0 aliphatic rings. The molecule has 0 aliphatic heterocycles. The molecule has 312 valence electrons. The highest BCUT2D eigenvalue weighted by molar-refractivity contribution is 6.20. The number of aromatic nitrogens is 4. The Kier molecular flexibility index (Phi) is 9.14. The first kappa shape index (κ1) is 38.5. The number of hydrogen-bond donors (Lipinski definition) is 0. The van der Waals surface area contributed by atoms with E-state index in [2.05, 4.69) is 241 Å². The lowest BCUT2D eigenvalue weighted by Gasteiger charge is -2.15. The third-order valence-corrected chi connectivity index (χ3v) is 13.2. The summed E-state index contributed by atoms with van der Waals surface area (Å²) in [5.41, 5.74) is 12.9. The zero-order valence-corrected chi connectivity index (χ0v) is 36.4. The van der Waals surface area contributed by atoms with Crippen LogP contribution in [-0.2, 0) is 0 Å². The zero-order valence-electron chi connectivity index (χ0n) is 36.4. The lowest BCUT2D eigenvalue weighted by atomic mass is 9.89. The molecule has 0 N–H and O–H groups in total. The van der Waals surface area contributed by atoms with Crippen molar-refractivity contribution >= 4 is 54.1 Å². The van der Waals surface area contributed by atoms with E-state index in [0.29, 0.717) is 17.5 Å². The van der Waals surface area contributed by atoms with Crippen LogP contribution >= 0.6 is 0 Å². The maximum Gasteiger partial charge on any atom is 0.164 e. The van der Waals surface area contributed by atoms with Crippen LogP contribution in [0.3, 0.4) is 0 Å². The summed E-state index contributed by atoms with van der Waals surface area (Å²) in [5, 5.41) is 9.83. The first-order valence-corrected chi connectivity index (χ1v) is 22.8. The highest BCUT2D eigenvalue weighted by atomic mass is 15.0. The Morgan fingerprint density at radius 2 is 0.836 bits per heavy atom. The van der Waals surface area contributed by atoms with Crippen LogP contribution in [0.15, 0.2) is 243 Å². The van der Waals surface area contributed by atoms with Crippen molar-refractivity contribution in [2.75, 3.05) is 0 Å². The van der Waals surface area contributed by atoms with E-state index in [9.17, 15) is 0 Å². The van der Waals surface area contributed by atoms with E-state index in [0.717, 1.165) is 55.7 Å². The van der Waals surface area contributed by atoms with Gasteiger partial charge in [-0.15, -0.1) is 0 Å². The molecule has 0 saturated carbocycles. The molecule has 0 radical (unpaired) electrons. The van der Waals surface area contributed by atoms with Crippen molar-refractivity contribution in [3.8, 4) is 73.2 Å². The number of rotatable bonds is 7. The molecule has 0 fully saturated rings. The van der Waals surface area contributed by atoms with Gasteiger partial charge in [0.1, 0.15) is 0 Å². The van der Waals surface area contributed by atoms with Gasteiger partial charge in [-0.1, -0.05) is 212 Å². The highest BCUT2D eigenvalue weighted by Crippen LogP contribution is 2.42. The predicted octanol–water partition coefficient (Wildman–Crippen LogP) is 16.4. The van der Waals surface area contributed by atoms with Crippen molar-refractivity contribution in [1.82, 2.24) is 19.5 Å². The Morgan fingerprint density at radius 1 is 0.269 bits per heavy atom. The van der Waals surface area contributed by atoms with Gasteiger partial charge in [-0.25, -0.2) is 15.0 Å². The fourth-order valence-electron chi connectivity index (χ4n) is 10.1. The van der Waals surface area contributed by atoms with Gasteiger partial charge in [0.05, 0.1) is 11.0 Å². The van der Waals surface area contributed by atoms with Crippen molar-refractivity contribution < 1.29 is 0 Å². The Bertz CT molecular complexity index is 4020. The molecule has 0 spiro atoms. The van der Waals surface area contributed by atoms with Gasteiger partial charge in [-0.05, 0) is 90.5 Å². The molecule has 4 heteroatoms. The summed E-state index contributed by atoms with van der Waals surface area (Å²) in [6.07, 6.45) is 0. The van der Waals surface area contributed by atoms with Crippen molar-refractivity contribution in [3.05, 3.63) is 243 Å². The largest absolute Gasteiger partial charge is 0.309 e. The lowest BCUT2D eigenvalue weighted by molar-refractivity contribution is 1.07. The van der Waals surface area contributed by atoms with Gasteiger partial charge in [-0.2, -0.15) is 0 Å². The van der Waals surface area contributed by atoms with E-state index >= 15 is 0 Å². The van der Waals surface area contributed by atoms with Gasteiger partial charge in [0.25, 0.3) is 0 Å². The Hall–Kier alpha value is -8.99. The maximum atomic E-state index is 5.31. The second-order valence-corrected chi connectivity index (χ2v) is 17.1. The third kappa shape index (κ3) is 6.57. The summed E-state index contributed by atoms with van der Waals surface area (Å²) < 4.78 is 2.39. The highest BCUT2D eigenvalue weighted by Gasteiger charge is 2.20. The molecule has 0 unspecified atom stereocenters. The van der Waals surface area contributed by atoms with Crippen LogP contribution in [0.1, 0.15) is 0 Å². The van der Waals surface area contributed by atoms with Crippen LogP contribution in [0.5, 0.6) is 0 Å². The van der Waals surface area contributed by atoms with E-state index in [1.807, 2.05) is 6.07 Å². The molecule has 0 atom stereocenters. The molecule has 2 heterocycles. The summed E-state index contributed by atoms with van der Waals surface area (Å²) in [6.45, 7) is 0. The van der Waals surface area contributed by atoms with Crippen molar-refractivity contribution in [2.45, 2.75) is 0 Å². The molecule has 67 heavy (non-hydrogen) atoms. The van der Waals surface area contributed by atoms with E-state index in [-0.39, 0.29) is 0 Å². The fraction of sp³-hybridized carbons (Fsp3) is 0. The number of hydrogen-bond acceptors (Lipinski definition) is 3. The molecular weight excluding hydrogens is 813 g/mol. The standard InChI is InChI=1S/C63H40N4/c1-3-17-41(18-4-1)49-25-11-12-29-56(49)63-65-61(44-35-33-43(34-36-44)59-51-27-10-8-20-46(51)40-57-50-26-9-7-19-42(50)37-38-54(57)59)64-62(66-63)47-22-15-21-45(39-47)52-30-16-31-55-53-28-13-14-32-58(53)67(60(52)55)48-23-5-2-6-24-48/h1-40H. The maximum absolute atomic E-state index is 5.31. The summed E-state index contributed by atoms with van der Waals surface area (Å²) in [6, 6.07) is 86.4. The van der Waals surface area contributed by atoms with Crippen molar-refractivity contribution in [2.24, 2.45) is 0 Å². The SMILES string of the molecule is c1ccc(-c2ccccc2-c2nc(-c3ccc(-c4c5ccccc5cc5c4ccc4ccccc45)cc3)nc(-c3cccc(-c4cccc5c6ccccc6n(-c6ccccc6)c45)c3)n2)cc1. The molecule has 13 aromatic rings. The van der Waals surface area contributed by atoms with E-state index in [1.165, 1.54) is 54.2 Å². The summed E-state index contributed by atoms with van der Waals surface area (Å²) in [4.78, 5) is 15.9. The zero-order chi connectivity index (χ0) is 44.3. The van der Waals surface area contributed by atoms with Gasteiger partial charge < -0.3 is 4.57 Å². The minimum atomic E-state index is 0.608. The van der Waals surface area contributed by atoms with Gasteiger partial charge in [0, 0.05) is 38.7 Å². The normalized spacial score (nSPS) is 11.6. The van der Waals surface area contributed by atoms with E-state index in [1.54, 1.807) is 0 Å². The average molecular weight is 853 g/mol. The lowest BCUT2D eigenvalue weighted by Crippen LogP contribution is -2.01. The number of fused-ring (bicyclic) bond motifs is 7. The van der Waals surface area contributed by atoms with E-state index < -0.39 is 0 Å². The molecule has 0 saturated heterocycles. The second kappa shape index (κ2) is 15.9. The molecule has 0 amide bonds. The number of benzene rings is 11. The van der Waals surface area contributed by atoms with Crippen molar-refractivity contribution in [3.63, 3.8) is 0 Å². The van der Waals surface area contributed by atoms with Crippen LogP contribution in [-0.4, -0.2) is 19.5 Å². The Balaban J connectivity index is 0.986. The quantitative estimate of drug-likeness (QED) is 0.118. The van der Waals surface area contributed by atoms with Crippen LogP contribution in [0.25, 0.3) is 127 Å². The van der Waals surface area contributed by atoms with Crippen LogP contribution < -0.4 is 0 Å². The topological polar surface area (TPSA) is 43.6 Å². The fourth-order valence-corrected chi connectivity index (χ4v) is 10.1. The molecule has 0 bridgehead atoms. The molecule has 0 aliphatic carbocycles. The monoisotopic (exact) mass is 852 g/mol. The molecule has 13 rings (SSSR count). The smallest absolute Gasteiger partial charge is 0.164 e. The van der Waals surface area contributed by atoms with Gasteiger partial charge in [0.15, 0.2) is 17.5 Å². The van der Waals surface area contributed by atoms with Gasteiger partial charge in [-0.3, -0.25) is 0 Å². The molecular formula is C63H40N4. The van der Waals surface area contributed by atoms with Crippen LogP contribution in [0, 0.1) is 0 Å². The Morgan fingerprint density at radius 3 is 1.66 bits per heavy atom. The minimum Gasteiger partial charge on any atom is -0.309 e. The third-order valence-electron chi connectivity index (χ3n) is 13.2. The molecule has 4 nitrogen and oxygen atoms in total. The number of nitrogens with zero attached hydrogens (tertiary/aromatic N) is 4. The first-order valence-electron chi connectivity index (χ1n) is 22.8. The minimum absolute atomic E-state index is 0.608. The predicted molar refractivity (Wildman–Crippen MR) is 279 cm³/mol. The number of para-hydroxylation sites is 3. The summed E-state index contributed by atoms with van der Waals surface area (Å²) in [5.74, 6) is 1.84. The van der Waals surface area contributed by atoms with Crippen molar-refractivity contribution in [1.29, 1.82) is 0 Å². The van der Waals surface area contributed by atoms with Gasteiger partial charge >= 0.3 is 0 Å². The summed E-state index contributed by atoms with van der Waals surface area (Å²) in [7, 11) is 0. The van der Waals surface area contributed by atoms with Crippen LogP contribution in [0.2, 0.25) is 0 Å². The molecule has 11 aromatic carbocycles. The average Bonchev–Trinajstić information content (AvgIpc) is 3.75. The van der Waals surface area contributed by atoms with E-state index in [4.69, 9.17) is 15.0 Å². The Labute approximate surface area is 387 Å². The molecule has 2 aromatic heterocycles. The second-order valence-electron chi connectivity index (χ2n) is 17.1. The van der Waals surface area contributed by atoms with Gasteiger partial charge in [0.2, 0.25) is 0 Å².